The van der Waals surface area contributed by atoms with E-state index >= 15 is 0 Å². The molecule has 1 aromatic carbocycles. The Morgan fingerprint density at radius 1 is 1.37 bits per heavy atom. The first-order valence-corrected chi connectivity index (χ1v) is 8.15. The molecule has 0 atom stereocenters. The van der Waals surface area contributed by atoms with Crippen LogP contribution in [0.2, 0.25) is 5.02 Å². The molecule has 0 saturated carbocycles. The molecule has 2 heterocycles. The van der Waals surface area contributed by atoms with Crippen LogP contribution in [0.3, 0.4) is 0 Å². The number of hydrogen-bond donors (Lipinski definition) is 1. The van der Waals surface area contributed by atoms with Gasteiger partial charge in [0.05, 0.1) is 11.5 Å². The average molecular weight is 393 g/mol. The molecule has 11 heteroatoms. The molecule has 1 N–H and O–H groups in total. The zero-order chi connectivity index (χ0) is 19.6. The summed E-state index contributed by atoms with van der Waals surface area (Å²) in [7, 11) is 0. The summed E-state index contributed by atoms with van der Waals surface area (Å²) in [5, 5.41) is 21.6. The molecule has 0 saturated heterocycles. The van der Waals surface area contributed by atoms with Crippen molar-refractivity contribution in [2.45, 2.75) is 20.0 Å². The van der Waals surface area contributed by atoms with Gasteiger partial charge in [0.15, 0.2) is 5.82 Å². The molecule has 1 amide bonds. The van der Waals surface area contributed by atoms with E-state index in [2.05, 4.69) is 15.5 Å². The Bertz CT molecular complexity index is 998. The van der Waals surface area contributed by atoms with Crippen LogP contribution in [0.1, 0.15) is 11.3 Å². The van der Waals surface area contributed by atoms with Crippen molar-refractivity contribution in [3.05, 3.63) is 68.9 Å². The third kappa shape index (κ3) is 4.29. The van der Waals surface area contributed by atoms with Crippen LogP contribution in [0.4, 0.5) is 15.9 Å². The van der Waals surface area contributed by atoms with Crippen molar-refractivity contribution in [3.8, 4) is 0 Å². The standard InChI is InChI=1S/C16H14ClFN6O3/c1-10-14(24(26)27)6-19-23(10)9-15(25)20-16-13(17)8-22(21-16)7-11-2-4-12(18)5-3-11/h2-6,8H,7,9H2,1H3,(H,20,21,25). The molecule has 0 aliphatic heterocycles. The maximum atomic E-state index is 13.0. The SMILES string of the molecule is Cc1c([N+](=O)[O-])cnn1CC(=O)Nc1nn(Cc2ccc(F)cc2)cc1Cl. The van der Waals surface area contributed by atoms with Gasteiger partial charge in [0, 0.05) is 6.20 Å². The third-order valence-corrected chi connectivity index (χ3v) is 4.08. The van der Waals surface area contributed by atoms with Gasteiger partial charge < -0.3 is 5.32 Å². The lowest BCUT2D eigenvalue weighted by Crippen LogP contribution is -2.21. The van der Waals surface area contributed by atoms with Crippen LogP contribution in [-0.2, 0) is 17.9 Å². The summed E-state index contributed by atoms with van der Waals surface area (Å²) in [5.41, 5.74) is 0.917. The smallest absolute Gasteiger partial charge is 0.306 e. The predicted molar refractivity (Wildman–Crippen MR) is 95.0 cm³/mol. The number of carbonyl (C=O) groups is 1. The lowest BCUT2D eigenvalue weighted by Gasteiger charge is -2.05. The normalized spacial score (nSPS) is 10.8. The first-order valence-electron chi connectivity index (χ1n) is 7.77. The van der Waals surface area contributed by atoms with Crippen molar-refractivity contribution in [1.29, 1.82) is 0 Å². The van der Waals surface area contributed by atoms with E-state index in [0.717, 1.165) is 11.8 Å². The van der Waals surface area contributed by atoms with Gasteiger partial charge >= 0.3 is 5.69 Å². The Morgan fingerprint density at radius 2 is 2.07 bits per heavy atom. The summed E-state index contributed by atoms with van der Waals surface area (Å²) in [5.74, 6) is -0.660. The second-order valence-corrected chi connectivity index (χ2v) is 6.14. The van der Waals surface area contributed by atoms with Gasteiger partial charge in [-0.25, -0.2) is 4.39 Å². The number of nitrogens with one attached hydrogen (secondary N) is 1. The average Bonchev–Trinajstić information content (AvgIpc) is 3.13. The van der Waals surface area contributed by atoms with E-state index in [9.17, 15) is 19.3 Å². The molecule has 140 valence electrons. The van der Waals surface area contributed by atoms with Gasteiger partial charge in [-0.3, -0.25) is 24.3 Å². The largest absolute Gasteiger partial charge is 0.309 e. The molecule has 0 spiro atoms. The summed E-state index contributed by atoms with van der Waals surface area (Å²) in [4.78, 5) is 22.4. The van der Waals surface area contributed by atoms with Gasteiger partial charge in [0.25, 0.3) is 0 Å². The van der Waals surface area contributed by atoms with Gasteiger partial charge in [-0.05, 0) is 24.6 Å². The second-order valence-electron chi connectivity index (χ2n) is 5.73. The van der Waals surface area contributed by atoms with E-state index in [-0.39, 0.29) is 34.6 Å². The lowest BCUT2D eigenvalue weighted by atomic mass is 10.2. The van der Waals surface area contributed by atoms with Crippen molar-refractivity contribution in [2.75, 3.05) is 5.32 Å². The highest BCUT2D eigenvalue weighted by Crippen LogP contribution is 2.21. The third-order valence-electron chi connectivity index (χ3n) is 3.80. The summed E-state index contributed by atoms with van der Waals surface area (Å²) in [6, 6.07) is 5.93. The van der Waals surface area contributed by atoms with Crippen LogP contribution in [0.15, 0.2) is 36.7 Å². The number of carbonyl (C=O) groups excluding carboxylic acids is 1. The first kappa shape index (κ1) is 18.5. The molecular weight excluding hydrogens is 379 g/mol. The molecule has 2 aromatic heterocycles. The molecule has 0 radical (unpaired) electrons. The molecule has 0 aliphatic rings. The highest BCUT2D eigenvalue weighted by Gasteiger charge is 2.19. The maximum Gasteiger partial charge on any atom is 0.309 e. The van der Waals surface area contributed by atoms with E-state index < -0.39 is 10.8 Å². The second kappa shape index (κ2) is 7.54. The van der Waals surface area contributed by atoms with Crippen LogP contribution >= 0.6 is 11.6 Å². The van der Waals surface area contributed by atoms with Crippen LogP contribution in [-0.4, -0.2) is 30.4 Å². The summed E-state index contributed by atoms with van der Waals surface area (Å²) < 4.78 is 15.7. The predicted octanol–water partition coefficient (Wildman–Crippen LogP) is 2.78. The van der Waals surface area contributed by atoms with Crippen LogP contribution in [0.25, 0.3) is 0 Å². The van der Waals surface area contributed by atoms with E-state index in [1.54, 1.807) is 12.1 Å². The Hall–Kier alpha value is -3.27. The molecule has 3 aromatic rings. The van der Waals surface area contributed by atoms with Crippen molar-refractivity contribution in [1.82, 2.24) is 19.6 Å². The highest BCUT2D eigenvalue weighted by molar-refractivity contribution is 6.33. The van der Waals surface area contributed by atoms with Gasteiger partial charge in [-0.15, -0.1) is 0 Å². The fourth-order valence-corrected chi connectivity index (χ4v) is 2.62. The summed E-state index contributed by atoms with van der Waals surface area (Å²) in [6.45, 7) is 1.63. The van der Waals surface area contributed by atoms with Crippen LogP contribution < -0.4 is 5.32 Å². The van der Waals surface area contributed by atoms with Gasteiger partial charge in [0.2, 0.25) is 5.91 Å². The number of amides is 1. The summed E-state index contributed by atoms with van der Waals surface area (Å²) >= 11 is 6.09. The quantitative estimate of drug-likeness (QED) is 0.512. The van der Waals surface area contributed by atoms with Crippen LogP contribution in [0, 0.1) is 22.9 Å². The van der Waals surface area contributed by atoms with Gasteiger partial charge in [-0.1, -0.05) is 23.7 Å². The highest BCUT2D eigenvalue weighted by atomic mass is 35.5. The zero-order valence-corrected chi connectivity index (χ0v) is 14.9. The Morgan fingerprint density at radius 3 is 2.70 bits per heavy atom. The number of aromatic nitrogens is 4. The minimum atomic E-state index is -0.565. The molecule has 0 aliphatic carbocycles. The number of anilines is 1. The lowest BCUT2D eigenvalue weighted by molar-refractivity contribution is -0.385. The number of rotatable bonds is 6. The van der Waals surface area contributed by atoms with Gasteiger partial charge in [-0.2, -0.15) is 10.2 Å². The van der Waals surface area contributed by atoms with E-state index in [1.807, 2.05) is 0 Å². The summed E-state index contributed by atoms with van der Waals surface area (Å²) in [6.07, 6.45) is 2.62. The Balaban J connectivity index is 1.67. The molecule has 3 rings (SSSR count). The van der Waals surface area contributed by atoms with E-state index in [1.165, 1.54) is 34.6 Å². The number of benzene rings is 1. The van der Waals surface area contributed by atoms with Crippen molar-refractivity contribution >= 4 is 29.0 Å². The zero-order valence-electron chi connectivity index (χ0n) is 14.1. The fourth-order valence-electron chi connectivity index (χ4n) is 2.42. The molecule has 27 heavy (non-hydrogen) atoms. The number of nitro groups is 1. The Kier molecular flexibility index (Phi) is 5.17. The maximum absolute atomic E-state index is 13.0. The number of hydrogen-bond acceptors (Lipinski definition) is 5. The Labute approximate surface area is 157 Å². The number of halogens is 2. The van der Waals surface area contributed by atoms with Crippen molar-refractivity contribution < 1.29 is 14.1 Å². The number of nitrogens with zero attached hydrogens (tertiary/aromatic N) is 5. The monoisotopic (exact) mass is 392 g/mol. The molecule has 0 unspecified atom stereocenters. The fraction of sp³-hybridized carbons (Fsp3) is 0.188. The molecule has 0 bridgehead atoms. The van der Waals surface area contributed by atoms with Crippen molar-refractivity contribution in [3.63, 3.8) is 0 Å². The van der Waals surface area contributed by atoms with E-state index in [4.69, 9.17) is 11.6 Å². The molecular formula is C16H14ClFN6O3. The minimum absolute atomic E-state index is 0.156. The first-order chi connectivity index (χ1) is 12.8. The van der Waals surface area contributed by atoms with Gasteiger partial charge in [0.1, 0.15) is 29.3 Å². The molecule has 9 nitrogen and oxygen atoms in total. The minimum Gasteiger partial charge on any atom is -0.306 e. The topological polar surface area (TPSA) is 108 Å². The molecule has 0 fully saturated rings. The van der Waals surface area contributed by atoms with Crippen LogP contribution in [0.5, 0.6) is 0 Å². The van der Waals surface area contributed by atoms with E-state index in [0.29, 0.717) is 6.54 Å². The van der Waals surface area contributed by atoms with Crippen molar-refractivity contribution in [2.24, 2.45) is 0 Å².